The van der Waals surface area contributed by atoms with Crippen LogP contribution in [0.3, 0.4) is 0 Å². The Labute approximate surface area is 250 Å². The van der Waals surface area contributed by atoms with Gasteiger partial charge in [-0.25, -0.2) is 0 Å². The van der Waals surface area contributed by atoms with Gasteiger partial charge in [0.25, 0.3) is 0 Å². The number of hydrogen-bond acceptors (Lipinski definition) is 7. The van der Waals surface area contributed by atoms with Crippen molar-refractivity contribution < 1.29 is 28.5 Å². The first-order chi connectivity index (χ1) is 20.2. The van der Waals surface area contributed by atoms with Crippen LogP contribution in [-0.2, 0) is 9.47 Å². The molecule has 0 aromatic heterocycles. The van der Waals surface area contributed by atoms with Gasteiger partial charge < -0.3 is 23.7 Å². The van der Waals surface area contributed by atoms with Crippen molar-refractivity contribution >= 4 is 29.1 Å². The smallest absolute Gasteiger partial charge is 0.199 e. The SMILES string of the molecule is O=C1c2ccc(OC3CCCCO3)cc2OC(c2ccc(SCCCl)cc2)C1c1ccc(OC2CCCCO2)cc1. The van der Waals surface area contributed by atoms with Crippen molar-refractivity contribution in [3.8, 4) is 17.2 Å². The van der Waals surface area contributed by atoms with E-state index < -0.39 is 12.0 Å². The molecule has 6 rings (SSSR count). The Morgan fingerprint density at radius 3 is 2.05 bits per heavy atom. The molecule has 3 heterocycles. The number of alkyl halides is 1. The summed E-state index contributed by atoms with van der Waals surface area (Å²) in [7, 11) is 0. The Hall–Kier alpha value is -2.71. The minimum atomic E-state index is -0.516. The monoisotopic (exact) mass is 594 g/mol. The standard InChI is InChI=1S/C33H35ClO6S/c34-17-20-41-26-14-9-23(10-15-26)33-31(22-7-11-24(12-8-22)38-29-5-1-3-18-36-29)32(35)27-16-13-25(21-28(27)40-33)39-30-6-2-4-19-37-30/h7-16,21,29-31,33H,1-6,17-20H2. The zero-order valence-electron chi connectivity index (χ0n) is 23.0. The van der Waals surface area contributed by atoms with Crippen molar-refractivity contribution in [2.45, 2.75) is 68.0 Å². The van der Waals surface area contributed by atoms with E-state index in [2.05, 4.69) is 12.1 Å². The fraction of sp³-hybridized carbons (Fsp3) is 0.424. The first-order valence-corrected chi connectivity index (χ1v) is 16.0. The van der Waals surface area contributed by atoms with Gasteiger partial charge in [0.15, 0.2) is 18.4 Å². The van der Waals surface area contributed by atoms with Crippen LogP contribution in [0.1, 0.15) is 72.0 Å². The van der Waals surface area contributed by atoms with Crippen molar-refractivity contribution in [1.29, 1.82) is 0 Å². The third-order valence-electron chi connectivity index (χ3n) is 7.66. The highest BCUT2D eigenvalue weighted by atomic mass is 35.5. The molecule has 3 aromatic carbocycles. The molecule has 0 bridgehead atoms. The van der Waals surface area contributed by atoms with Crippen molar-refractivity contribution in [3.05, 3.63) is 83.4 Å². The first kappa shape index (κ1) is 28.4. The summed E-state index contributed by atoms with van der Waals surface area (Å²) in [6.45, 7) is 1.42. The lowest BCUT2D eigenvalue weighted by Gasteiger charge is -2.34. The molecule has 2 fully saturated rings. The average molecular weight is 595 g/mol. The van der Waals surface area contributed by atoms with E-state index in [0.717, 1.165) is 72.7 Å². The first-order valence-electron chi connectivity index (χ1n) is 14.5. The van der Waals surface area contributed by atoms with Crippen LogP contribution in [-0.4, -0.2) is 43.2 Å². The molecule has 0 aliphatic carbocycles. The van der Waals surface area contributed by atoms with Crippen LogP contribution in [0.5, 0.6) is 17.2 Å². The largest absolute Gasteiger partial charge is 0.484 e. The van der Waals surface area contributed by atoms with Crippen molar-refractivity contribution in [3.63, 3.8) is 0 Å². The summed E-state index contributed by atoms with van der Waals surface area (Å²) in [5.41, 5.74) is 2.36. The summed E-state index contributed by atoms with van der Waals surface area (Å²) in [5.74, 6) is 2.82. The number of halogens is 1. The normalized spacial score (nSPS) is 24.3. The number of thioether (sulfide) groups is 1. The maximum atomic E-state index is 14.1. The summed E-state index contributed by atoms with van der Waals surface area (Å²) in [5, 5.41) is 0. The van der Waals surface area contributed by atoms with Gasteiger partial charge >= 0.3 is 0 Å². The molecule has 0 N–H and O–H groups in total. The zero-order valence-corrected chi connectivity index (χ0v) is 24.5. The molecule has 6 nitrogen and oxygen atoms in total. The Bertz CT molecular complexity index is 1300. The number of carbonyl (C=O) groups excluding carboxylic acids is 1. The van der Waals surface area contributed by atoms with E-state index in [-0.39, 0.29) is 18.4 Å². The molecular weight excluding hydrogens is 560 g/mol. The number of benzene rings is 3. The number of rotatable bonds is 9. The van der Waals surface area contributed by atoms with Crippen LogP contribution >= 0.6 is 23.4 Å². The fourth-order valence-electron chi connectivity index (χ4n) is 5.55. The van der Waals surface area contributed by atoms with Gasteiger partial charge in [-0.05, 0) is 73.2 Å². The van der Waals surface area contributed by atoms with Gasteiger partial charge in [-0.2, -0.15) is 0 Å². The van der Waals surface area contributed by atoms with E-state index in [1.165, 1.54) is 0 Å². The van der Waals surface area contributed by atoms with Gasteiger partial charge in [-0.15, -0.1) is 23.4 Å². The molecule has 4 unspecified atom stereocenters. The summed E-state index contributed by atoms with van der Waals surface area (Å²) in [6.07, 6.45) is 5.02. The molecule has 3 aliphatic rings. The molecule has 3 aromatic rings. The van der Waals surface area contributed by atoms with Crippen molar-refractivity contribution in [1.82, 2.24) is 0 Å². The van der Waals surface area contributed by atoms with Gasteiger partial charge in [0.05, 0.1) is 24.7 Å². The Balaban J connectivity index is 1.28. The number of ether oxygens (including phenoxy) is 5. The Kier molecular flexibility index (Phi) is 9.36. The Morgan fingerprint density at radius 1 is 0.780 bits per heavy atom. The van der Waals surface area contributed by atoms with Gasteiger partial charge in [0.2, 0.25) is 0 Å². The van der Waals surface area contributed by atoms with E-state index in [9.17, 15) is 4.79 Å². The third-order valence-corrected chi connectivity index (χ3v) is 9.09. The Morgan fingerprint density at radius 2 is 1.41 bits per heavy atom. The number of carbonyl (C=O) groups is 1. The molecule has 0 radical (unpaired) electrons. The molecule has 0 spiro atoms. The van der Waals surface area contributed by atoms with Crippen LogP contribution in [0.15, 0.2) is 71.6 Å². The van der Waals surface area contributed by atoms with Crippen LogP contribution < -0.4 is 14.2 Å². The zero-order chi connectivity index (χ0) is 28.0. The summed E-state index contributed by atoms with van der Waals surface area (Å²) >= 11 is 7.59. The van der Waals surface area contributed by atoms with Gasteiger partial charge in [-0.1, -0.05) is 24.3 Å². The number of ketones is 1. The summed E-state index contributed by atoms with van der Waals surface area (Å²) < 4.78 is 30.2. The van der Waals surface area contributed by atoms with Crippen molar-refractivity contribution in [2.75, 3.05) is 24.8 Å². The molecule has 3 aliphatic heterocycles. The molecule has 0 amide bonds. The summed E-state index contributed by atoms with van der Waals surface area (Å²) in [6, 6.07) is 21.4. The highest BCUT2D eigenvalue weighted by molar-refractivity contribution is 7.99. The minimum Gasteiger partial charge on any atom is -0.484 e. The summed E-state index contributed by atoms with van der Waals surface area (Å²) in [4.78, 5) is 15.2. The van der Waals surface area contributed by atoms with E-state index in [1.807, 2.05) is 54.6 Å². The second-order valence-electron chi connectivity index (χ2n) is 10.5. The maximum Gasteiger partial charge on any atom is 0.199 e. The van der Waals surface area contributed by atoms with Crippen molar-refractivity contribution in [2.24, 2.45) is 0 Å². The molecule has 41 heavy (non-hydrogen) atoms. The van der Waals surface area contributed by atoms with E-state index in [4.69, 9.17) is 35.3 Å². The fourth-order valence-corrected chi connectivity index (χ4v) is 6.42. The van der Waals surface area contributed by atoms with Gasteiger partial charge in [0.1, 0.15) is 23.4 Å². The lowest BCUT2D eigenvalue weighted by Crippen LogP contribution is -2.30. The van der Waals surface area contributed by atoms with Crippen LogP contribution in [0.4, 0.5) is 0 Å². The molecule has 0 saturated carbocycles. The van der Waals surface area contributed by atoms with Gasteiger partial charge in [-0.3, -0.25) is 4.79 Å². The number of hydrogen-bond donors (Lipinski definition) is 0. The van der Waals surface area contributed by atoms with Crippen LogP contribution in [0.2, 0.25) is 0 Å². The molecule has 2 saturated heterocycles. The minimum absolute atomic E-state index is 0.0154. The second-order valence-corrected chi connectivity index (χ2v) is 12.1. The van der Waals surface area contributed by atoms with E-state index in [0.29, 0.717) is 29.5 Å². The maximum absolute atomic E-state index is 14.1. The third kappa shape index (κ3) is 6.86. The topological polar surface area (TPSA) is 63.2 Å². The van der Waals surface area contributed by atoms with E-state index >= 15 is 0 Å². The average Bonchev–Trinajstić information content (AvgIpc) is 3.02. The predicted molar refractivity (Wildman–Crippen MR) is 160 cm³/mol. The molecule has 216 valence electrons. The quantitative estimate of drug-likeness (QED) is 0.184. The number of fused-ring (bicyclic) bond motifs is 1. The van der Waals surface area contributed by atoms with E-state index in [1.54, 1.807) is 11.8 Å². The van der Waals surface area contributed by atoms with Crippen LogP contribution in [0, 0.1) is 0 Å². The lowest BCUT2D eigenvalue weighted by atomic mass is 9.81. The second kappa shape index (κ2) is 13.5. The predicted octanol–water partition coefficient (Wildman–Crippen LogP) is 7.93. The highest BCUT2D eigenvalue weighted by Gasteiger charge is 2.39. The lowest BCUT2D eigenvalue weighted by molar-refractivity contribution is -0.106. The molecular formula is C33H35ClO6S. The highest BCUT2D eigenvalue weighted by Crippen LogP contribution is 2.45. The van der Waals surface area contributed by atoms with Gasteiger partial charge in [0, 0.05) is 35.4 Å². The van der Waals surface area contributed by atoms with Crippen LogP contribution in [0.25, 0.3) is 0 Å². The molecule has 8 heteroatoms. The molecule has 4 atom stereocenters. The number of Topliss-reactive ketones (excluding diaryl/α,β-unsaturated/α-hetero) is 1.